The van der Waals surface area contributed by atoms with Gasteiger partial charge in [0.2, 0.25) is 0 Å². The summed E-state index contributed by atoms with van der Waals surface area (Å²) >= 11 is 8.64. The second kappa shape index (κ2) is 4.25. The van der Waals surface area contributed by atoms with Crippen LogP contribution in [0.25, 0.3) is 0 Å². The number of rotatable bonds is 4. The molecule has 0 amide bonds. The van der Waals surface area contributed by atoms with E-state index in [2.05, 4.69) is 39.1 Å². The van der Waals surface area contributed by atoms with E-state index in [9.17, 15) is 5.11 Å². The topological polar surface area (TPSA) is 20.2 Å². The maximum absolute atomic E-state index is 9.64. The Bertz CT molecular complexity index is 138. The van der Waals surface area contributed by atoms with Gasteiger partial charge in [-0.25, -0.2) is 0 Å². The van der Waals surface area contributed by atoms with E-state index >= 15 is 0 Å². The molecule has 0 aliphatic heterocycles. The maximum atomic E-state index is 9.64. The Labute approximate surface area is 86.8 Å². The standard InChI is InChI=1S/C9H20OS2/c1-8(2,7(12)5-11)6-9(3,4)10/h7,10-12H,5-6H2,1-4H3. The molecule has 0 bridgehead atoms. The molecule has 0 aromatic heterocycles. The Balaban J connectivity index is 4.22. The molecule has 1 unspecified atom stereocenters. The smallest absolute Gasteiger partial charge is 0.0597 e. The fraction of sp³-hybridized carbons (Fsp3) is 1.00. The van der Waals surface area contributed by atoms with E-state index in [0.717, 1.165) is 12.2 Å². The molecule has 0 saturated carbocycles. The van der Waals surface area contributed by atoms with Crippen molar-refractivity contribution in [1.82, 2.24) is 0 Å². The summed E-state index contributed by atoms with van der Waals surface area (Å²) in [6.07, 6.45) is 0.745. The number of hydrogen-bond acceptors (Lipinski definition) is 3. The predicted octanol–water partition coefficient (Wildman–Crippen LogP) is 2.40. The Morgan fingerprint density at radius 1 is 1.25 bits per heavy atom. The molecule has 0 radical (unpaired) electrons. The molecule has 74 valence electrons. The first-order valence-corrected chi connectivity index (χ1v) is 5.35. The molecule has 0 aliphatic rings. The van der Waals surface area contributed by atoms with Gasteiger partial charge in [-0.05, 0) is 25.7 Å². The minimum absolute atomic E-state index is 0.0309. The molecule has 0 aliphatic carbocycles. The Morgan fingerprint density at radius 3 is 1.92 bits per heavy atom. The van der Waals surface area contributed by atoms with Crippen LogP contribution in [0.2, 0.25) is 0 Å². The van der Waals surface area contributed by atoms with E-state index in [1.165, 1.54) is 0 Å². The molecule has 0 aromatic carbocycles. The Morgan fingerprint density at radius 2 is 1.67 bits per heavy atom. The zero-order chi connectivity index (χ0) is 9.99. The third-order valence-corrected chi connectivity index (χ3v) is 3.50. The van der Waals surface area contributed by atoms with Gasteiger partial charge in [-0.3, -0.25) is 0 Å². The number of aliphatic hydroxyl groups is 1. The molecule has 0 fully saturated rings. The van der Waals surface area contributed by atoms with Crippen molar-refractivity contribution in [3.05, 3.63) is 0 Å². The van der Waals surface area contributed by atoms with Crippen LogP contribution in [0.1, 0.15) is 34.1 Å². The zero-order valence-corrected chi connectivity index (χ0v) is 10.1. The number of hydrogen-bond donors (Lipinski definition) is 3. The van der Waals surface area contributed by atoms with Gasteiger partial charge in [-0.1, -0.05) is 13.8 Å². The Kier molecular flexibility index (Phi) is 4.48. The first-order valence-electron chi connectivity index (χ1n) is 4.20. The van der Waals surface area contributed by atoms with Gasteiger partial charge in [0.25, 0.3) is 0 Å². The van der Waals surface area contributed by atoms with Crippen molar-refractivity contribution in [2.24, 2.45) is 5.41 Å². The third-order valence-electron chi connectivity index (χ3n) is 1.96. The van der Waals surface area contributed by atoms with E-state index in [1.807, 2.05) is 13.8 Å². The van der Waals surface area contributed by atoms with Crippen LogP contribution < -0.4 is 0 Å². The average Bonchev–Trinajstić information content (AvgIpc) is 1.80. The van der Waals surface area contributed by atoms with Crippen LogP contribution in [0.4, 0.5) is 0 Å². The highest BCUT2D eigenvalue weighted by Gasteiger charge is 2.31. The molecule has 1 atom stereocenters. The van der Waals surface area contributed by atoms with Crippen molar-refractivity contribution in [3.8, 4) is 0 Å². The van der Waals surface area contributed by atoms with Crippen molar-refractivity contribution in [3.63, 3.8) is 0 Å². The summed E-state index contributed by atoms with van der Waals surface area (Å²) in [6.45, 7) is 7.87. The second-order valence-electron chi connectivity index (χ2n) is 4.68. The van der Waals surface area contributed by atoms with E-state index < -0.39 is 5.60 Å². The lowest BCUT2D eigenvalue weighted by molar-refractivity contribution is 0.0328. The average molecular weight is 208 g/mol. The van der Waals surface area contributed by atoms with E-state index in [-0.39, 0.29) is 10.7 Å². The quantitative estimate of drug-likeness (QED) is 0.606. The van der Waals surface area contributed by atoms with Crippen LogP contribution in [0.15, 0.2) is 0 Å². The predicted molar refractivity (Wildman–Crippen MR) is 61.3 cm³/mol. The van der Waals surface area contributed by atoms with Crippen molar-refractivity contribution >= 4 is 25.3 Å². The molecule has 0 heterocycles. The van der Waals surface area contributed by atoms with E-state index in [1.54, 1.807) is 0 Å². The molecule has 0 spiro atoms. The molecule has 0 saturated heterocycles. The summed E-state index contributed by atoms with van der Waals surface area (Å²) in [7, 11) is 0. The van der Waals surface area contributed by atoms with Crippen LogP contribution in [-0.4, -0.2) is 21.7 Å². The van der Waals surface area contributed by atoms with Gasteiger partial charge in [-0.15, -0.1) is 0 Å². The summed E-state index contributed by atoms with van der Waals surface area (Å²) in [5, 5.41) is 9.87. The van der Waals surface area contributed by atoms with Gasteiger partial charge >= 0.3 is 0 Å². The van der Waals surface area contributed by atoms with Crippen LogP contribution in [0.5, 0.6) is 0 Å². The lowest BCUT2D eigenvalue weighted by Crippen LogP contribution is -2.35. The van der Waals surface area contributed by atoms with Gasteiger partial charge in [0, 0.05) is 11.0 Å². The van der Waals surface area contributed by atoms with Crippen LogP contribution in [0.3, 0.4) is 0 Å². The van der Waals surface area contributed by atoms with Crippen molar-refractivity contribution < 1.29 is 5.11 Å². The molecule has 1 nitrogen and oxygen atoms in total. The summed E-state index contributed by atoms with van der Waals surface area (Å²) in [4.78, 5) is 0. The van der Waals surface area contributed by atoms with Crippen LogP contribution in [-0.2, 0) is 0 Å². The first kappa shape index (κ1) is 12.7. The van der Waals surface area contributed by atoms with Gasteiger partial charge in [0.05, 0.1) is 5.60 Å². The largest absolute Gasteiger partial charge is 0.390 e. The first-order chi connectivity index (χ1) is 5.19. The summed E-state index contributed by atoms with van der Waals surface area (Å²) in [5.41, 5.74) is -0.587. The summed E-state index contributed by atoms with van der Waals surface area (Å²) in [5.74, 6) is 0.742. The molecular formula is C9H20OS2. The van der Waals surface area contributed by atoms with Crippen LogP contribution in [0, 0.1) is 5.41 Å². The third kappa shape index (κ3) is 4.63. The molecule has 12 heavy (non-hydrogen) atoms. The second-order valence-corrected chi connectivity index (χ2v) is 5.66. The Hall–Kier alpha value is 0.660. The molecular weight excluding hydrogens is 188 g/mol. The summed E-state index contributed by atoms with van der Waals surface area (Å²) < 4.78 is 0. The number of thiol groups is 2. The van der Waals surface area contributed by atoms with Gasteiger partial charge < -0.3 is 5.11 Å². The van der Waals surface area contributed by atoms with Crippen LogP contribution >= 0.6 is 25.3 Å². The van der Waals surface area contributed by atoms with Gasteiger partial charge in [0.1, 0.15) is 0 Å². The van der Waals surface area contributed by atoms with Gasteiger partial charge in [-0.2, -0.15) is 25.3 Å². The van der Waals surface area contributed by atoms with Crippen molar-refractivity contribution in [2.45, 2.75) is 45.0 Å². The monoisotopic (exact) mass is 208 g/mol. The van der Waals surface area contributed by atoms with Crippen molar-refractivity contribution in [1.29, 1.82) is 0 Å². The normalized spacial score (nSPS) is 16.2. The minimum Gasteiger partial charge on any atom is -0.390 e. The fourth-order valence-electron chi connectivity index (χ4n) is 1.48. The molecule has 1 N–H and O–H groups in total. The highest BCUT2D eigenvalue weighted by Crippen LogP contribution is 2.34. The molecule has 0 rings (SSSR count). The summed E-state index contributed by atoms with van der Waals surface area (Å²) in [6, 6.07) is 0. The SMILES string of the molecule is CC(C)(O)CC(C)(C)C(S)CS. The molecule has 3 heteroatoms. The highest BCUT2D eigenvalue weighted by molar-refractivity contribution is 7.84. The zero-order valence-electron chi connectivity index (χ0n) is 8.33. The molecule has 0 aromatic rings. The highest BCUT2D eigenvalue weighted by atomic mass is 32.1. The maximum Gasteiger partial charge on any atom is 0.0597 e. The van der Waals surface area contributed by atoms with E-state index in [0.29, 0.717) is 0 Å². The van der Waals surface area contributed by atoms with Crippen molar-refractivity contribution in [2.75, 3.05) is 5.75 Å². The minimum atomic E-state index is -0.618. The van der Waals surface area contributed by atoms with E-state index in [4.69, 9.17) is 0 Å². The fourth-order valence-corrected chi connectivity index (χ4v) is 2.07. The van der Waals surface area contributed by atoms with Gasteiger partial charge in [0.15, 0.2) is 0 Å². The lowest BCUT2D eigenvalue weighted by atomic mass is 9.79. The lowest BCUT2D eigenvalue weighted by Gasteiger charge is -2.35.